The van der Waals surface area contributed by atoms with Crippen molar-refractivity contribution in [1.29, 1.82) is 0 Å². The summed E-state index contributed by atoms with van der Waals surface area (Å²) in [5.41, 5.74) is 12.3. The molecule has 0 aliphatic heterocycles. The summed E-state index contributed by atoms with van der Waals surface area (Å²) >= 11 is 0. The average molecular weight is 236 g/mol. The third-order valence-electron chi connectivity index (χ3n) is 3.38. The third kappa shape index (κ3) is 3.77. The van der Waals surface area contributed by atoms with Gasteiger partial charge in [0.05, 0.1) is 11.2 Å². The minimum Gasteiger partial charge on any atom is -0.330 e. The van der Waals surface area contributed by atoms with E-state index in [1.54, 1.807) is 0 Å². The Morgan fingerprint density at radius 3 is 2.53 bits per heavy atom. The minimum atomic E-state index is -0.107. The van der Waals surface area contributed by atoms with E-state index in [9.17, 15) is 0 Å². The Kier molecular flexibility index (Phi) is 5.55. The van der Waals surface area contributed by atoms with E-state index >= 15 is 0 Å². The van der Waals surface area contributed by atoms with Crippen LogP contribution < -0.4 is 16.8 Å². The lowest BCUT2D eigenvalue weighted by molar-refractivity contribution is 0.316. The maximum Gasteiger partial charge on any atom is 0.0601 e. The van der Waals surface area contributed by atoms with Crippen LogP contribution in [0, 0.1) is 5.92 Å². The quantitative estimate of drug-likeness (QED) is 0.655. The third-order valence-corrected chi connectivity index (χ3v) is 3.38. The first-order valence-electron chi connectivity index (χ1n) is 6.23. The highest BCUT2D eigenvalue weighted by Gasteiger charge is 2.25. The van der Waals surface area contributed by atoms with E-state index in [0.29, 0.717) is 19.0 Å². The fourth-order valence-corrected chi connectivity index (χ4v) is 1.72. The van der Waals surface area contributed by atoms with Crippen molar-refractivity contribution in [3.8, 4) is 0 Å². The highest BCUT2D eigenvalue weighted by atomic mass is 15.0. The van der Waals surface area contributed by atoms with E-state index < -0.39 is 0 Å². The number of aromatic nitrogens is 1. The van der Waals surface area contributed by atoms with Crippen LogP contribution in [0.2, 0.25) is 0 Å². The summed E-state index contributed by atoms with van der Waals surface area (Å²) in [6, 6.07) is 6.00. The van der Waals surface area contributed by atoms with Crippen molar-refractivity contribution >= 4 is 0 Å². The van der Waals surface area contributed by atoms with Gasteiger partial charge in [0.15, 0.2) is 0 Å². The number of pyridine rings is 1. The molecule has 0 radical (unpaired) electrons. The van der Waals surface area contributed by atoms with Gasteiger partial charge in [0, 0.05) is 12.7 Å². The maximum absolute atomic E-state index is 5.66. The summed E-state index contributed by atoms with van der Waals surface area (Å²) in [7, 11) is 0. The van der Waals surface area contributed by atoms with Crippen LogP contribution in [0.25, 0.3) is 0 Å². The SMILES string of the molecule is CCC(C)(NCC(CN)CN)c1ccccn1. The molecule has 0 saturated heterocycles. The zero-order chi connectivity index (χ0) is 12.7. The second-order valence-electron chi connectivity index (χ2n) is 4.62. The molecule has 1 rings (SSSR count). The van der Waals surface area contributed by atoms with Crippen LogP contribution in [-0.4, -0.2) is 24.6 Å². The fraction of sp³-hybridized carbons (Fsp3) is 0.615. The van der Waals surface area contributed by atoms with E-state index in [-0.39, 0.29) is 5.54 Å². The molecular formula is C13H24N4. The molecule has 1 unspecified atom stereocenters. The van der Waals surface area contributed by atoms with Crippen LogP contribution >= 0.6 is 0 Å². The summed E-state index contributed by atoms with van der Waals surface area (Å²) in [6.07, 6.45) is 2.81. The minimum absolute atomic E-state index is 0.107. The van der Waals surface area contributed by atoms with Crippen LogP contribution in [0.15, 0.2) is 24.4 Å². The maximum atomic E-state index is 5.66. The Bertz CT molecular complexity index is 310. The lowest BCUT2D eigenvalue weighted by atomic mass is 9.93. The van der Waals surface area contributed by atoms with Crippen molar-refractivity contribution in [3.63, 3.8) is 0 Å². The van der Waals surface area contributed by atoms with Gasteiger partial charge in [-0.2, -0.15) is 0 Å². The standard InChI is InChI=1S/C13H24N4/c1-3-13(2,12-6-4-5-7-16-12)17-10-11(8-14)9-15/h4-7,11,17H,3,8-10,14-15H2,1-2H3. The molecule has 0 fully saturated rings. The molecule has 1 aromatic heterocycles. The highest BCUT2D eigenvalue weighted by Crippen LogP contribution is 2.22. The van der Waals surface area contributed by atoms with Crippen molar-refractivity contribution in [2.45, 2.75) is 25.8 Å². The Labute approximate surface area is 104 Å². The second-order valence-corrected chi connectivity index (χ2v) is 4.62. The number of nitrogens with zero attached hydrogens (tertiary/aromatic N) is 1. The molecule has 1 atom stereocenters. The van der Waals surface area contributed by atoms with E-state index in [2.05, 4.69) is 30.2 Å². The van der Waals surface area contributed by atoms with Gasteiger partial charge < -0.3 is 16.8 Å². The van der Waals surface area contributed by atoms with E-state index in [1.165, 1.54) is 0 Å². The molecule has 17 heavy (non-hydrogen) atoms. The smallest absolute Gasteiger partial charge is 0.0601 e. The molecule has 1 aromatic rings. The first kappa shape index (κ1) is 14.1. The number of rotatable bonds is 7. The van der Waals surface area contributed by atoms with Crippen LogP contribution in [-0.2, 0) is 5.54 Å². The number of nitrogens with two attached hydrogens (primary N) is 2. The Morgan fingerprint density at radius 2 is 2.06 bits per heavy atom. The molecule has 4 nitrogen and oxygen atoms in total. The largest absolute Gasteiger partial charge is 0.330 e. The topological polar surface area (TPSA) is 77.0 Å². The predicted octanol–water partition coefficient (Wildman–Crippen LogP) is 0.830. The van der Waals surface area contributed by atoms with Crippen LogP contribution in [0.4, 0.5) is 0 Å². The lowest BCUT2D eigenvalue weighted by Gasteiger charge is -2.31. The van der Waals surface area contributed by atoms with Crippen LogP contribution in [0.5, 0.6) is 0 Å². The number of nitrogens with one attached hydrogen (secondary N) is 1. The molecule has 1 heterocycles. The van der Waals surface area contributed by atoms with Gasteiger partial charge in [-0.25, -0.2) is 0 Å². The van der Waals surface area contributed by atoms with Crippen molar-refractivity contribution in [1.82, 2.24) is 10.3 Å². The zero-order valence-electron chi connectivity index (χ0n) is 10.8. The summed E-state index contributed by atoms with van der Waals surface area (Å²) in [4.78, 5) is 4.43. The molecule has 0 aliphatic carbocycles. The second kappa shape index (κ2) is 6.69. The zero-order valence-corrected chi connectivity index (χ0v) is 10.8. The van der Waals surface area contributed by atoms with Crippen molar-refractivity contribution in [2.75, 3.05) is 19.6 Å². The van der Waals surface area contributed by atoms with Gasteiger partial charge in [-0.05, 0) is 44.5 Å². The molecule has 0 spiro atoms. The van der Waals surface area contributed by atoms with Gasteiger partial charge in [-0.15, -0.1) is 0 Å². The van der Waals surface area contributed by atoms with Gasteiger partial charge in [0.2, 0.25) is 0 Å². The fourth-order valence-electron chi connectivity index (χ4n) is 1.72. The Balaban J connectivity index is 2.69. The molecule has 0 bridgehead atoms. The number of hydrogen-bond acceptors (Lipinski definition) is 4. The Hall–Kier alpha value is -0.970. The van der Waals surface area contributed by atoms with Gasteiger partial charge in [0.25, 0.3) is 0 Å². The molecule has 0 amide bonds. The number of hydrogen-bond donors (Lipinski definition) is 3. The van der Waals surface area contributed by atoms with E-state index in [1.807, 2.05) is 18.3 Å². The Morgan fingerprint density at radius 1 is 1.35 bits per heavy atom. The molecular weight excluding hydrogens is 212 g/mol. The van der Waals surface area contributed by atoms with Gasteiger partial charge in [-0.3, -0.25) is 4.98 Å². The summed E-state index contributed by atoms with van der Waals surface area (Å²) < 4.78 is 0. The first-order chi connectivity index (χ1) is 8.16. The molecule has 0 saturated carbocycles. The van der Waals surface area contributed by atoms with Gasteiger partial charge in [-0.1, -0.05) is 13.0 Å². The first-order valence-corrected chi connectivity index (χ1v) is 6.23. The predicted molar refractivity (Wildman–Crippen MR) is 71.5 cm³/mol. The summed E-state index contributed by atoms with van der Waals surface area (Å²) in [5.74, 6) is 0.324. The van der Waals surface area contributed by atoms with E-state index in [4.69, 9.17) is 11.5 Å². The van der Waals surface area contributed by atoms with Gasteiger partial charge in [0.1, 0.15) is 0 Å². The molecule has 96 valence electrons. The molecule has 5 N–H and O–H groups in total. The lowest BCUT2D eigenvalue weighted by Crippen LogP contribution is -2.45. The molecule has 0 aliphatic rings. The van der Waals surface area contributed by atoms with E-state index in [0.717, 1.165) is 18.7 Å². The highest BCUT2D eigenvalue weighted by molar-refractivity contribution is 5.14. The van der Waals surface area contributed by atoms with Gasteiger partial charge >= 0.3 is 0 Å². The van der Waals surface area contributed by atoms with Crippen LogP contribution in [0.1, 0.15) is 26.0 Å². The van der Waals surface area contributed by atoms with Crippen molar-refractivity contribution < 1.29 is 0 Å². The summed E-state index contributed by atoms with van der Waals surface area (Å²) in [6.45, 7) is 6.38. The summed E-state index contributed by atoms with van der Waals surface area (Å²) in [5, 5.41) is 3.54. The molecule has 4 heteroatoms. The molecule has 0 aromatic carbocycles. The van der Waals surface area contributed by atoms with Crippen molar-refractivity contribution in [3.05, 3.63) is 30.1 Å². The average Bonchev–Trinajstić information content (AvgIpc) is 2.40. The van der Waals surface area contributed by atoms with Crippen molar-refractivity contribution in [2.24, 2.45) is 17.4 Å². The monoisotopic (exact) mass is 236 g/mol. The normalized spacial score (nSPS) is 14.9. The van der Waals surface area contributed by atoms with Crippen LogP contribution in [0.3, 0.4) is 0 Å².